The summed E-state index contributed by atoms with van der Waals surface area (Å²) >= 11 is 0. The fourth-order valence-corrected chi connectivity index (χ4v) is 5.32. The van der Waals surface area contributed by atoms with E-state index in [1.165, 1.54) is 25.7 Å². The maximum Gasteiger partial charge on any atom is 0.253 e. The molecule has 0 saturated heterocycles. The van der Waals surface area contributed by atoms with Gasteiger partial charge >= 0.3 is 0 Å². The largest absolute Gasteiger partial charge is 0.382 e. The van der Waals surface area contributed by atoms with Crippen LogP contribution < -0.4 is 16.2 Å². The summed E-state index contributed by atoms with van der Waals surface area (Å²) < 4.78 is 0. The number of nitrogens with one attached hydrogen (secondary N) is 3. The molecule has 1 aromatic heterocycles. The summed E-state index contributed by atoms with van der Waals surface area (Å²) in [6.45, 7) is 8.78. The lowest BCUT2D eigenvalue weighted by Gasteiger charge is -2.36. The van der Waals surface area contributed by atoms with Gasteiger partial charge in [-0.25, -0.2) is 0 Å². The van der Waals surface area contributed by atoms with Gasteiger partial charge < -0.3 is 20.5 Å². The Labute approximate surface area is 228 Å². The molecule has 7 nitrogen and oxygen atoms in total. The molecule has 1 unspecified atom stereocenters. The standard InChI is InChI=1S/C31H45N5O2/c1-20-16-21(2)33-31(38)28(20)19-32-30(37)27-17-24(10-9-15-35(5)6)18-29(22(27)3)34-23(4)25-11-13-26(14-12-25)36(7)8/h16-18,23,25-26,34H,11-15,19H2,1-8H3,(H,32,37)(H,33,38). The number of aromatic nitrogens is 1. The van der Waals surface area contributed by atoms with Crippen molar-refractivity contribution in [3.8, 4) is 11.8 Å². The second-order valence-corrected chi connectivity index (χ2v) is 11.3. The van der Waals surface area contributed by atoms with Crippen LogP contribution >= 0.6 is 0 Å². The number of carbonyl (C=O) groups is 1. The van der Waals surface area contributed by atoms with Gasteiger partial charge in [0.25, 0.3) is 11.5 Å². The molecule has 7 heteroatoms. The lowest BCUT2D eigenvalue weighted by molar-refractivity contribution is 0.0950. The number of carbonyl (C=O) groups excluding carboxylic acids is 1. The molecule has 1 aliphatic carbocycles. The Hall–Kier alpha value is -3.08. The molecule has 1 saturated carbocycles. The van der Waals surface area contributed by atoms with Crippen molar-refractivity contribution in [2.24, 2.45) is 5.92 Å². The van der Waals surface area contributed by atoms with Crippen molar-refractivity contribution in [2.75, 3.05) is 40.1 Å². The summed E-state index contributed by atoms with van der Waals surface area (Å²) in [7, 11) is 8.30. The van der Waals surface area contributed by atoms with Crippen molar-refractivity contribution in [1.29, 1.82) is 0 Å². The normalized spacial score (nSPS) is 18.2. The van der Waals surface area contributed by atoms with Crippen molar-refractivity contribution in [3.05, 3.63) is 62.1 Å². The van der Waals surface area contributed by atoms with Crippen LogP contribution in [0.4, 0.5) is 5.69 Å². The van der Waals surface area contributed by atoms with Gasteiger partial charge in [0.05, 0.1) is 6.54 Å². The van der Waals surface area contributed by atoms with Crippen LogP contribution in [0, 0.1) is 38.5 Å². The molecule has 1 atom stereocenters. The van der Waals surface area contributed by atoms with Crippen LogP contribution in [0.25, 0.3) is 0 Å². The van der Waals surface area contributed by atoms with Gasteiger partial charge in [-0.15, -0.1) is 0 Å². The highest BCUT2D eigenvalue weighted by Crippen LogP contribution is 2.31. The first-order valence-corrected chi connectivity index (χ1v) is 13.6. The zero-order chi connectivity index (χ0) is 28.0. The van der Waals surface area contributed by atoms with Crippen LogP contribution in [0.2, 0.25) is 0 Å². The Balaban J connectivity index is 1.84. The van der Waals surface area contributed by atoms with Crippen molar-refractivity contribution in [2.45, 2.75) is 72.0 Å². The Morgan fingerprint density at radius 1 is 1.08 bits per heavy atom. The highest BCUT2D eigenvalue weighted by atomic mass is 16.1. The molecule has 0 radical (unpaired) electrons. The number of H-pyrrole nitrogens is 1. The third-order valence-electron chi connectivity index (χ3n) is 7.76. The molecule has 2 aromatic rings. The average molecular weight is 520 g/mol. The van der Waals surface area contributed by atoms with Crippen LogP contribution in [0.1, 0.15) is 70.9 Å². The predicted octanol–water partition coefficient (Wildman–Crippen LogP) is 4.06. The molecule has 1 heterocycles. The molecule has 3 rings (SSSR count). The second-order valence-electron chi connectivity index (χ2n) is 11.3. The van der Waals surface area contributed by atoms with E-state index in [2.05, 4.69) is 59.4 Å². The second kappa shape index (κ2) is 13.1. The minimum Gasteiger partial charge on any atom is -0.382 e. The smallest absolute Gasteiger partial charge is 0.253 e. The van der Waals surface area contributed by atoms with Crippen molar-refractivity contribution in [1.82, 2.24) is 20.1 Å². The molecule has 0 bridgehead atoms. The van der Waals surface area contributed by atoms with Gasteiger partial charge in [0.2, 0.25) is 0 Å². The van der Waals surface area contributed by atoms with E-state index < -0.39 is 0 Å². The minimum atomic E-state index is -0.208. The molecule has 38 heavy (non-hydrogen) atoms. The van der Waals surface area contributed by atoms with Crippen LogP contribution in [-0.4, -0.2) is 67.5 Å². The van der Waals surface area contributed by atoms with Crippen LogP contribution in [0.5, 0.6) is 0 Å². The first-order valence-electron chi connectivity index (χ1n) is 13.6. The van der Waals surface area contributed by atoms with Crippen LogP contribution in [-0.2, 0) is 6.54 Å². The van der Waals surface area contributed by atoms with Crippen molar-refractivity contribution in [3.63, 3.8) is 0 Å². The van der Waals surface area contributed by atoms with Gasteiger partial charge in [-0.1, -0.05) is 11.8 Å². The lowest BCUT2D eigenvalue weighted by atomic mass is 9.81. The number of hydrogen-bond acceptors (Lipinski definition) is 5. The fourth-order valence-electron chi connectivity index (χ4n) is 5.32. The van der Waals surface area contributed by atoms with Gasteiger partial charge in [-0.2, -0.15) is 0 Å². The molecular weight excluding hydrogens is 474 g/mol. The highest BCUT2D eigenvalue weighted by Gasteiger charge is 2.27. The zero-order valence-corrected chi connectivity index (χ0v) is 24.4. The van der Waals surface area contributed by atoms with E-state index in [0.29, 0.717) is 29.6 Å². The van der Waals surface area contributed by atoms with E-state index >= 15 is 0 Å². The van der Waals surface area contributed by atoms with E-state index in [1.807, 2.05) is 51.9 Å². The molecule has 1 aromatic carbocycles. The molecule has 1 aliphatic rings. The number of benzene rings is 1. The predicted molar refractivity (Wildman–Crippen MR) is 157 cm³/mol. The maximum atomic E-state index is 13.4. The number of hydrogen-bond donors (Lipinski definition) is 3. The molecule has 3 N–H and O–H groups in total. The Morgan fingerprint density at radius 2 is 1.76 bits per heavy atom. The summed E-state index contributed by atoms with van der Waals surface area (Å²) in [6.07, 6.45) is 4.81. The van der Waals surface area contributed by atoms with E-state index in [-0.39, 0.29) is 24.1 Å². The molecule has 0 spiro atoms. The number of aryl methyl sites for hydroxylation is 2. The third-order valence-corrected chi connectivity index (χ3v) is 7.76. The van der Waals surface area contributed by atoms with Gasteiger partial charge in [0.15, 0.2) is 0 Å². The van der Waals surface area contributed by atoms with Crippen LogP contribution in [0.3, 0.4) is 0 Å². The Morgan fingerprint density at radius 3 is 2.37 bits per heavy atom. The van der Waals surface area contributed by atoms with Gasteiger partial charge in [0.1, 0.15) is 0 Å². The topological polar surface area (TPSA) is 80.5 Å². The summed E-state index contributed by atoms with van der Waals surface area (Å²) in [5.74, 6) is 6.80. The van der Waals surface area contributed by atoms with Crippen LogP contribution in [0.15, 0.2) is 23.0 Å². The number of amides is 1. The van der Waals surface area contributed by atoms with E-state index in [9.17, 15) is 9.59 Å². The summed E-state index contributed by atoms with van der Waals surface area (Å²) in [6, 6.07) is 6.79. The van der Waals surface area contributed by atoms with E-state index in [1.54, 1.807) is 0 Å². The Bertz CT molecular complexity index is 1240. The third kappa shape index (κ3) is 7.72. The summed E-state index contributed by atoms with van der Waals surface area (Å²) in [4.78, 5) is 33.0. The first kappa shape index (κ1) is 29.5. The van der Waals surface area contributed by atoms with Gasteiger partial charge in [0, 0.05) is 46.7 Å². The number of aromatic amines is 1. The van der Waals surface area contributed by atoms with Gasteiger partial charge in [-0.05, 0) is 117 Å². The van der Waals surface area contributed by atoms with Crippen molar-refractivity contribution < 1.29 is 4.79 Å². The summed E-state index contributed by atoms with van der Waals surface area (Å²) in [5.41, 5.74) is 5.30. The number of anilines is 1. The SMILES string of the molecule is Cc1cc(C)c(CNC(=O)c2cc(C#CCN(C)C)cc(NC(C)C3CCC(N(C)C)CC3)c2C)c(=O)[nH]1. The van der Waals surface area contributed by atoms with E-state index in [4.69, 9.17) is 0 Å². The maximum absolute atomic E-state index is 13.4. The van der Waals surface area contributed by atoms with E-state index in [0.717, 1.165) is 28.1 Å². The zero-order valence-electron chi connectivity index (χ0n) is 24.4. The lowest BCUT2D eigenvalue weighted by Crippen LogP contribution is -2.36. The number of nitrogens with zero attached hydrogens (tertiary/aromatic N) is 2. The molecule has 0 aliphatic heterocycles. The molecule has 1 amide bonds. The quantitative estimate of drug-likeness (QED) is 0.459. The number of pyridine rings is 1. The Kier molecular flexibility index (Phi) is 10.2. The minimum absolute atomic E-state index is 0.164. The first-order chi connectivity index (χ1) is 18.0. The molecular formula is C31H45N5O2. The average Bonchev–Trinajstić information content (AvgIpc) is 2.84. The monoisotopic (exact) mass is 519 g/mol. The molecule has 206 valence electrons. The fraction of sp³-hybridized carbons (Fsp3) is 0.548. The van der Waals surface area contributed by atoms with Gasteiger partial charge in [-0.3, -0.25) is 14.5 Å². The highest BCUT2D eigenvalue weighted by molar-refractivity contribution is 5.97. The summed E-state index contributed by atoms with van der Waals surface area (Å²) in [5, 5.41) is 6.70. The molecule has 1 fully saturated rings. The number of rotatable bonds is 8. The van der Waals surface area contributed by atoms with Crippen molar-refractivity contribution >= 4 is 11.6 Å².